The maximum absolute atomic E-state index is 13.2. The van der Waals surface area contributed by atoms with Crippen molar-refractivity contribution < 1.29 is 19.1 Å². The molecule has 0 aliphatic carbocycles. The van der Waals surface area contributed by atoms with E-state index in [9.17, 15) is 9.90 Å². The molecular formula is C28H27N5O4. The number of carbonyl (C=O) groups is 1. The highest BCUT2D eigenvalue weighted by Gasteiger charge is 2.39. The fourth-order valence-electron chi connectivity index (χ4n) is 4.42. The molecule has 0 aliphatic rings. The summed E-state index contributed by atoms with van der Waals surface area (Å²) in [5.41, 5.74) is 0.869. The SMILES string of the molecule is CCc1cnc(NC(=O)c2cc3c(nc2OC)nc(C(O)(c2ccccc2)c2ccccc2)n3CC)o1. The van der Waals surface area contributed by atoms with E-state index in [-0.39, 0.29) is 17.5 Å². The third kappa shape index (κ3) is 4.23. The van der Waals surface area contributed by atoms with Crippen LogP contribution in [0.4, 0.5) is 6.01 Å². The van der Waals surface area contributed by atoms with E-state index in [0.29, 0.717) is 46.8 Å². The topological polar surface area (TPSA) is 115 Å². The van der Waals surface area contributed by atoms with Gasteiger partial charge in [-0.05, 0) is 24.1 Å². The minimum Gasteiger partial charge on any atom is -0.480 e. The Morgan fingerprint density at radius 2 is 1.70 bits per heavy atom. The summed E-state index contributed by atoms with van der Waals surface area (Å²) < 4.78 is 12.8. The van der Waals surface area contributed by atoms with Gasteiger partial charge in [-0.3, -0.25) is 10.1 Å². The number of aromatic nitrogens is 4. The normalized spacial score (nSPS) is 11.6. The van der Waals surface area contributed by atoms with E-state index in [1.54, 1.807) is 12.3 Å². The first kappa shape index (κ1) is 24.2. The Kier molecular flexibility index (Phi) is 6.45. The first-order chi connectivity index (χ1) is 18.0. The summed E-state index contributed by atoms with van der Waals surface area (Å²) in [5, 5.41) is 15.0. The third-order valence-corrected chi connectivity index (χ3v) is 6.29. The predicted molar refractivity (Wildman–Crippen MR) is 139 cm³/mol. The van der Waals surface area contributed by atoms with Crippen molar-refractivity contribution in [2.24, 2.45) is 0 Å². The Hall–Kier alpha value is -4.50. The number of nitrogens with one attached hydrogen (secondary N) is 1. The number of benzene rings is 2. The van der Waals surface area contributed by atoms with Gasteiger partial charge in [-0.15, -0.1) is 0 Å². The lowest BCUT2D eigenvalue weighted by atomic mass is 9.85. The number of aliphatic hydroxyl groups is 1. The summed E-state index contributed by atoms with van der Waals surface area (Å²) in [7, 11) is 1.44. The van der Waals surface area contributed by atoms with E-state index in [1.807, 2.05) is 79.1 Å². The van der Waals surface area contributed by atoms with Gasteiger partial charge in [0, 0.05) is 13.0 Å². The number of nitrogens with zero attached hydrogens (tertiary/aromatic N) is 4. The van der Waals surface area contributed by atoms with Gasteiger partial charge < -0.3 is 18.8 Å². The number of anilines is 1. The molecule has 2 N–H and O–H groups in total. The van der Waals surface area contributed by atoms with Crippen LogP contribution in [0, 0.1) is 0 Å². The molecule has 5 aromatic rings. The summed E-state index contributed by atoms with van der Waals surface area (Å²) in [5.74, 6) is 0.658. The van der Waals surface area contributed by atoms with Crippen LogP contribution in [0.5, 0.6) is 5.88 Å². The monoisotopic (exact) mass is 497 g/mol. The average molecular weight is 498 g/mol. The van der Waals surface area contributed by atoms with Crippen molar-refractivity contribution in [3.05, 3.63) is 101 Å². The lowest BCUT2D eigenvalue weighted by Gasteiger charge is -2.29. The maximum atomic E-state index is 13.2. The number of ether oxygens (including phenoxy) is 1. The molecule has 3 aromatic heterocycles. The molecule has 0 unspecified atom stereocenters. The number of fused-ring (bicyclic) bond motifs is 1. The van der Waals surface area contributed by atoms with Crippen molar-refractivity contribution in [1.82, 2.24) is 19.5 Å². The minimum absolute atomic E-state index is 0.0937. The van der Waals surface area contributed by atoms with Gasteiger partial charge >= 0.3 is 6.01 Å². The van der Waals surface area contributed by atoms with Crippen molar-refractivity contribution in [2.45, 2.75) is 32.4 Å². The molecular weight excluding hydrogens is 470 g/mol. The minimum atomic E-state index is -1.57. The van der Waals surface area contributed by atoms with Crippen LogP contribution in [0.3, 0.4) is 0 Å². The number of aryl methyl sites for hydroxylation is 2. The second-order valence-electron chi connectivity index (χ2n) is 8.45. The molecule has 0 saturated heterocycles. The molecule has 0 bridgehead atoms. The van der Waals surface area contributed by atoms with Gasteiger partial charge in [0.05, 0.1) is 18.8 Å². The number of rotatable bonds is 8. The number of amides is 1. The number of hydrogen-bond donors (Lipinski definition) is 2. The molecule has 0 saturated carbocycles. The second kappa shape index (κ2) is 9.87. The Morgan fingerprint density at radius 1 is 1.05 bits per heavy atom. The van der Waals surface area contributed by atoms with Gasteiger partial charge in [0.2, 0.25) is 5.88 Å². The van der Waals surface area contributed by atoms with Crippen LogP contribution >= 0.6 is 0 Å². The Labute approximate surface area is 213 Å². The first-order valence-electron chi connectivity index (χ1n) is 12.0. The van der Waals surface area contributed by atoms with Crippen LogP contribution in [-0.2, 0) is 18.6 Å². The molecule has 9 heteroatoms. The molecule has 2 aromatic carbocycles. The van der Waals surface area contributed by atoms with Crippen LogP contribution in [0.15, 0.2) is 77.3 Å². The average Bonchev–Trinajstić information content (AvgIpc) is 3.56. The van der Waals surface area contributed by atoms with Gasteiger partial charge in [0.25, 0.3) is 5.91 Å². The van der Waals surface area contributed by atoms with E-state index in [2.05, 4.69) is 15.3 Å². The molecule has 5 rings (SSSR count). The zero-order valence-electron chi connectivity index (χ0n) is 20.8. The summed E-state index contributed by atoms with van der Waals surface area (Å²) >= 11 is 0. The van der Waals surface area contributed by atoms with Crippen LogP contribution in [0.2, 0.25) is 0 Å². The summed E-state index contributed by atoms with van der Waals surface area (Å²) in [4.78, 5) is 26.6. The maximum Gasteiger partial charge on any atom is 0.301 e. The quantitative estimate of drug-likeness (QED) is 0.323. The van der Waals surface area contributed by atoms with Crippen molar-refractivity contribution in [3.63, 3.8) is 0 Å². The highest BCUT2D eigenvalue weighted by molar-refractivity contribution is 6.06. The summed E-state index contributed by atoms with van der Waals surface area (Å²) in [6.07, 6.45) is 2.23. The van der Waals surface area contributed by atoms with Gasteiger partial charge in [0.1, 0.15) is 11.3 Å². The molecule has 37 heavy (non-hydrogen) atoms. The lowest BCUT2D eigenvalue weighted by Crippen LogP contribution is -2.32. The fourth-order valence-corrected chi connectivity index (χ4v) is 4.42. The van der Waals surface area contributed by atoms with Crippen molar-refractivity contribution in [3.8, 4) is 5.88 Å². The van der Waals surface area contributed by atoms with Crippen LogP contribution in [0.25, 0.3) is 11.2 Å². The Balaban J connectivity index is 1.68. The van der Waals surface area contributed by atoms with E-state index in [0.717, 1.165) is 0 Å². The molecule has 1 amide bonds. The van der Waals surface area contributed by atoms with E-state index in [1.165, 1.54) is 7.11 Å². The van der Waals surface area contributed by atoms with Gasteiger partial charge in [0.15, 0.2) is 17.1 Å². The molecule has 0 atom stereocenters. The molecule has 188 valence electrons. The van der Waals surface area contributed by atoms with Crippen molar-refractivity contribution in [2.75, 3.05) is 12.4 Å². The standard InChI is InChI=1S/C28H27N5O4/c1-4-20-17-29-27(37-20)32-24(34)21-16-22-23(30-25(21)36-3)31-26(33(22)5-2)28(35,18-12-8-6-9-13-18)19-14-10-7-11-15-19/h6-17,35H,4-5H2,1-3H3,(H,29,32,34). The van der Waals surface area contributed by atoms with Crippen LogP contribution < -0.4 is 10.1 Å². The Bertz CT molecular complexity index is 1500. The molecule has 0 fully saturated rings. The van der Waals surface area contributed by atoms with Crippen molar-refractivity contribution in [1.29, 1.82) is 0 Å². The molecule has 3 heterocycles. The molecule has 0 spiro atoms. The zero-order valence-corrected chi connectivity index (χ0v) is 20.8. The number of hydrogen-bond acceptors (Lipinski definition) is 7. The number of pyridine rings is 1. The van der Waals surface area contributed by atoms with E-state index < -0.39 is 11.5 Å². The second-order valence-corrected chi connectivity index (χ2v) is 8.45. The predicted octanol–water partition coefficient (Wildman–Crippen LogP) is 4.55. The van der Waals surface area contributed by atoms with Gasteiger partial charge in [-0.1, -0.05) is 67.6 Å². The largest absolute Gasteiger partial charge is 0.480 e. The van der Waals surface area contributed by atoms with Crippen LogP contribution in [-0.4, -0.2) is 37.6 Å². The van der Waals surface area contributed by atoms with Gasteiger partial charge in [-0.25, -0.2) is 9.97 Å². The Morgan fingerprint density at radius 3 is 2.24 bits per heavy atom. The number of oxazole rings is 1. The zero-order chi connectivity index (χ0) is 26.0. The number of methoxy groups -OCH3 is 1. The fraction of sp³-hybridized carbons (Fsp3) is 0.214. The highest BCUT2D eigenvalue weighted by atomic mass is 16.5. The molecule has 0 aliphatic heterocycles. The van der Waals surface area contributed by atoms with E-state index in [4.69, 9.17) is 14.1 Å². The smallest absolute Gasteiger partial charge is 0.301 e. The summed E-state index contributed by atoms with van der Waals surface area (Å²) in [6, 6.07) is 20.5. The highest BCUT2D eigenvalue weighted by Crippen LogP contribution is 2.38. The van der Waals surface area contributed by atoms with Gasteiger partial charge in [-0.2, -0.15) is 4.98 Å². The number of carbonyl (C=O) groups excluding carboxylic acids is 1. The third-order valence-electron chi connectivity index (χ3n) is 6.29. The number of imidazole rings is 1. The van der Waals surface area contributed by atoms with Crippen LogP contribution in [0.1, 0.15) is 46.9 Å². The molecule has 9 nitrogen and oxygen atoms in total. The summed E-state index contributed by atoms with van der Waals surface area (Å²) in [6.45, 7) is 4.36. The van der Waals surface area contributed by atoms with E-state index >= 15 is 0 Å². The lowest BCUT2D eigenvalue weighted by molar-refractivity contribution is 0.102. The first-order valence-corrected chi connectivity index (χ1v) is 12.0. The van der Waals surface area contributed by atoms with Crippen molar-refractivity contribution >= 4 is 23.1 Å². The molecule has 0 radical (unpaired) electrons.